The van der Waals surface area contributed by atoms with E-state index in [1.54, 1.807) is 14.2 Å². The Hall–Kier alpha value is -1.82. The van der Waals surface area contributed by atoms with Crippen LogP contribution in [0.5, 0.6) is 5.75 Å². The van der Waals surface area contributed by atoms with Gasteiger partial charge in [0.15, 0.2) is 0 Å². The van der Waals surface area contributed by atoms with E-state index in [-0.39, 0.29) is 6.10 Å². The number of aromatic nitrogens is 1. The first-order valence-electron chi connectivity index (χ1n) is 8.90. The first-order valence-corrected chi connectivity index (χ1v) is 8.90. The van der Waals surface area contributed by atoms with Crippen molar-refractivity contribution in [1.82, 2.24) is 4.57 Å². The van der Waals surface area contributed by atoms with Crippen LogP contribution >= 0.6 is 0 Å². The Labute approximate surface area is 150 Å². The monoisotopic (exact) mass is 347 g/mol. The predicted octanol–water partition coefficient (Wildman–Crippen LogP) is 1.35. The number of hydrogen-bond acceptors (Lipinski definition) is 3. The van der Waals surface area contributed by atoms with E-state index in [0.717, 1.165) is 45.0 Å². The molecule has 0 aliphatic heterocycles. The fourth-order valence-corrected chi connectivity index (χ4v) is 3.13. The summed E-state index contributed by atoms with van der Waals surface area (Å²) in [7, 11) is 3.42. The first-order chi connectivity index (χ1) is 12.1. The van der Waals surface area contributed by atoms with Crippen LogP contribution in [0, 0.1) is 0 Å². The minimum absolute atomic E-state index is 0.306. The minimum atomic E-state index is -0.306. The van der Waals surface area contributed by atoms with Crippen molar-refractivity contribution in [2.75, 3.05) is 33.9 Å². The van der Waals surface area contributed by atoms with Gasteiger partial charge in [0.25, 0.3) is 0 Å². The van der Waals surface area contributed by atoms with Gasteiger partial charge in [-0.05, 0) is 36.8 Å². The van der Waals surface area contributed by atoms with E-state index in [1.165, 1.54) is 16.2 Å². The summed E-state index contributed by atoms with van der Waals surface area (Å²) in [6.45, 7) is 6.06. The van der Waals surface area contributed by atoms with Crippen LogP contribution in [0.25, 0.3) is 0 Å². The quantitative estimate of drug-likeness (QED) is 0.603. The Morgan fingerprint density at radius 3 is 2.76 bits per heavy atom. The highest BCUT2D eigenvalue weighted by Gasteiger charge is 2.15. The lowest BCUT2D eigenvalue weighted by Crippen LogP contribution is -3.11. The van der Waals surface area contributed by atoms with Crippen LogP contribution in [0.3, 0.4) is 0 Å². The molecule has 0 amide bonds. The molecule has 25 heavy (non-hydrogen) atoms. The molecule has 0 spiro atoms. The Kier molecular flexibility index (Phi) is 7.98. The van der Waals surface area contributed by atoms with E-state index < -0.39 is 0 Å². The molecule has 5 nitrogen and oxygen atoms in total. The molecule has 1 aromatic carbocycles. The Bertz CT molecular complexity index is 625. The maximum atomic E-state index is 9.80. The number of quaternary nitrogens is 1. The highest BCUT2D eigenvalue weighted by Crippen LogP contribution is 2.14. The second-order valence-electron chi connectivity index (χ2n) is 6.56. The number of rotatable bonds is 11. The van der Waals surface area contributed by atoms with Gasteiger partial charge in [-0.2, -0.15) is 0 Å². The third kappa shape index (κ3) is 6.53. The minimum Gasteiger partial charge on any atom is -0.497 e. The smallest absolute Gasteiger partial charge is 0.119 e. The normalized spacial score (nSPS) is 13.6. The summed E-state index contributed by atoms with van der Waals surface area (Å²) >= 11 is 0. The summed E-state index contributed by atoms with van der Waals surface area (Å²) < 4.78 is 12.7. The van der Waals surface area contributed by atoms with Gasteiger partial charge < -0.3 is 24.0 Å². The van der Waals surface area contributed by atoms with E-state index in [0.29, 0.717) is 0 Å². The van der Waals surface area contributed by atoms with Crippen molar-refractivity contribution in [1.29, 1.82) is 0 Å². The molecule has 0 radical (unpaired) electrons. The fraction of sp³-hybridized carbons (Fsp3) is 0.500. The molecule has 0 aliphatic rings. The number of methoxy groups -OCH3 is 2. The van der Waals surface area contributed by atoms with E-state index in [9.17, 15) is 5.11 Å². The van der Waals surface area contributed by atoms with Crippen LogP contribution < -0.4 is 9.64 Å². The number of ether oxygens (including phenoxy) is 2. The van der Waals surface area contributed by atoms with Crippen LogP contribution in [0.1, 0.15) is 24.6 Å². The lowest BCUT2D eigenvalue weighted by atomic mass is 10.2. The zero-order chi connectivity index (χ0) is 18.1. The number of nitrogens with zero attached hydrogens (tertiary/aromatic N) is 1. The van der Waals surface area contributed by atoms with E-state index in [4.69, 9.17) is 9.47 Å². The molecule has 2 aromatic rings. The molecule has 0 aliphatic carbocycles. The zero-order valence-corrected chi connectivity index (χ0v) is 15.6. The Morgan fingerprint density at radius 2 is 2.04 bits per heavy atom. The average molecular weight is 347 g/mol. The SMILES string of the molecule is COCCC[NH+](Cc1cccn1Cc1cccc(OC)c1)C[C@H](C)O. The van der Waals surface area contributed by atoms with Crippen molar-refractivity contribution in [2.24, 2.45) is 0 Å². The summed E-state index contributed by atoms with van der Waals surface area (Å²) in [6.07, 6.45) is 2.80. The number of aliphatic hydroxyl groups excluding tert-OH is 1. The summed E-state index contributed by atoms with van der Waals surface area (Å²) in [6, 6.07) is 12.4. The third-order valence-corrected chi connectivity index (χ3v) is 4.30. The summed E-state index contributed by atoms with van der Waals surface area (Å²) in [5.41, 5.74) is 2.49. The van der Waals surface area contributed by atoms with Gasteiger partial charge in [-0.15, -0.1) is 0 Å². The zero-order valence-electron chi connectivity index (χ0n) is 15.6. The van der Waals surface area contributed by atoms with Gasteiger partial charge in [-0.3, -0.25) is 0 Å². The lowest BCUT2D eigenvalue weighted by molar-refractivity contribution is -0.917. The molecule has 0 saturated carbocycles. The molecular formula is C20H31N2O3+. The van der Waals surface area contributed by atoms with Crippen LogP contribution in [0.4, 0.5) is 0 Å². The number of aliphatic hydroxyl groups is 1. The van der Waals surface area contributed by atoms with Crippen molar-refractivity contribution in [2.45, 2.75) is 32.5 Å². The molecule has 1 unspecified atom stereocenters. The predicted molar refractivity (Wildman–Crippen MR) is 99.1 cm³/mol. The Balaban J connectivity index is 2.04. The third-order valence-electron chi connectivity index (χ3n) is 4.30. The molecule has 1 aromatic heterocycles. The van der Waals surface area contributed by atoms with Crippen LogP contribution in [-0.4, -0.2) is 49.7 Å². The number of hydrogen-bond donors (Lipinski definition) is 2. The Morgan fingerprint density at radius 1 is 1.20 bits per heavy atom. The van der Waals surface area contributed by atoms with E-state index in [2.05, 4.69) is 35.0 Å². The molecule has 2 rings (SSSR count). The molecule has 0 bridgehead atoms. The van der Waals surface area contributed by atoms with Crippen molar-refractivity contribution in [3.05, 3.63) is 53.9 Å². The molecule has 0 saturated heterocycles. The van der Waals surface area contributed by atoms with Crippen LogP contribution in [0.2, 0.25) is 0 Å². The fourth-order valence-electron chi connectivity index (χ4n) is 3.13. The summed E-state index contributed by atoms with van der Waals surface area (Å²) in [5, 5.41) is 9.80. The van der Waals surface area contributed by atoms with Crippen molar-refractivity contribution < 1.29 is 19.5 Å². The molecule has 0 fully saturated rings. The number of benzene rings is 1. The van der Waals surface area contributed by atoms with Gasteiger partial charge in [0.2, 0.25) is 0 Å². The first kappa shape index (κ1) is 19.5. The largest absolute Gasteiger partial charge is 0.497 e. The molecule has 5 heteroatoms. The highest BCUT2D eigenvalue weighted by atomic mass is 16.5. The van der Waals surface area contributed by atoms with Gasteiger partial charge in [0, 0.05) is 26.3 Å². The molecule has 2 atom stereocenters. The second-order valence-corrected chi connectivity index (χ2v) is 6.56. The number of nitrogens with one attached hydrogen (secondary N) is 1. The lowest BCUT2D eigenvalue weighted by Gasteiger charge is -2.22. The standard InChI is InChI=1S/C20H30N2O3/c1-17(23)14-21(10-6-12-24-2)16-19-8-5-11-22(19)15-18-7-4-9-20(13-18)25-3/h4-5,7-9,11,13,17,23H,6,10,12,14-16H2,1-3H3/p+1/t17-/m0/s1. The molecule has 1 heterocycles. The van der Waals surface area contributed by atoms with E-state index in [1.807, 2.05) is 19.1 Å². The topological polar surface area (TPSA) is 48.1 Å². The van der Waals surface area contributed by atoms with Crippen molar-refractivity contribution >= 4 is 0 Å². The van der Waals surface area contributed by atoms with Gasteiger partial charge >= 0.3 is 0 Å². The van der Waals surface area contributed by atoms with Crippen LogP contribution in [0.15, 0.2) is 42.6 Å². The second kappa shape index (κ2) is 10.2. The summed E-state index contributed by atoms with van der Waals surface area (Å²) in [4.78, 5) is 1.37. The van der Waals surface area contributed by atoms with Gasteiger partial charge in [-0.25, -0.2) is 0 Å². The maximum absolute atomic E-state index is 9.80. The summed E-state index contributed by atoms with van der Waals surface area (Å²) in [5.74, 6) is 0.882. The molecule has 138 valence electrons. The molecular weight excluding hydrogens is 316 g/mol. The maximum Gasteiger partial charge on any atom is 0.119 e. The van der Waals surface area contributed by atoms with Gasteiger partial charge in [0.05, 0.1) is 26.0 Å². The van der Waals surface area contributed by atoms with E-state index >= 15 is 0 Å². The average Bonchev–Trinajstić information content (AvgIpc) is 3.01. The highest BCUT2D eigenvalue weighted by molar-refractivity contribution is 5.29. The van der Waals surface area contributed by atoms with Gasteiger partial charge in [-0.1, -0.05) is 12.1 Å². The van der Waals surface area contributed by atoms with Crippen LogP contribution in [-0.2, 0) is 17.8 Å². The molecule has 2 N–H and O–H groups in total. The van der Waals surface area contributed by atoms with Gasteiger partial charge in [0.1, 0.15) is 24.9 Å². The van der Waals surface area contributed by atoms with Crippen molar-refractivity contribution in [3.8, 4) is 5.75 Å². The van der Waals surface area contributed by atoms with Crippen molar-refractivity contribution in [3.63, 3.8) is 0 Å².